The van der Waals surface area contributed by atoms with Gasteiger partial charge in [0.1, 0.15) is 11.2 Å². The Kier molecular flexibility index (Phi) is 3.04. The Bertz CT molecular complexity index is 947. The van der Waals surface area contributed by atoms with Crippen LogP contribution in [0, 0.1) is 11.8 Å². The van der Waals surface area contributed by atoms with Crippen molar-refractivity contribution in [1.82, 2.24) is 0 Å². The molecule has 3 rings (SSSR count). The number of fused-ring (bicyclic) bond motifs is 3. The van der Waals surface area contributed by atoms with E-state index < -0.39 is 5.60 Å². The lowest BCUT2D eigenvalue weighted by Gasteiger charge is -2.06. The van der Waals surface area contributed by atoms with Crippen molar-refractivity contribution >= 4 is 21.7 Å². The Hall–Kier alpha value is -2.57. The molecular weight excluding hydrogens is 264 g/mol. The molecule has 21 heavy (non-hydrogen) atoms. The quantitative estimate of drug-likeness (QED) is 0.390. The summed E-state index contributed by atoms with van der Waals surface area (Å²) in [7, 11) is 0. The maximum Gasteiger partial charge on any atom is 0.344 e. The molecule has 0 fully saturated rings. The Morgan fingerprint density at radius 2 is 1.81 bits per heavy atom. The zero-order chi connectivity index (χ0) is 15.0. The largest absolute Gasteiger partial charge is 0.422 e. The summed E-state index contributed by atoms with van der Waals surface area (Å²) in [5.74, 6) is 5.60. The SMILES string of the molecule is CC(C)(O)C#Cc1ccc2c(c1)c(=O)oc1ccccc12. The first-order valence-electron chi connectivity index (χ1n) is 6.65. The van der Waals surface area contributed by atoms with Gasteiger partial charge in [0.15, 0.2) is 0 Å². The third-order valence-corrected chi connectivity index (χ3v) is 3.13. The van der Waals surface area contributed by atoms with Gasteiger partial charge >= 0.3 is 5.63 Å². The van der Waals surface area contributed by atoms with E-state index in [1.165, 1.54) is 0 Å². The Labute approximate surface area is 121 Å². The average Bonchev–Trinajstić information content (AvgIpc) is 2.44. The fraction of sp³-hybridized carbons (Fsp3) is 0.167. The molecule has 0 aliphatic heterocycles. The summed E-state index contributed by atoms with van der Waals surface area (Å²) in [4.78, 5) is 12.1. The minimum absolute atomic E-state index is 0.379. The van der Waals surface area contributed by atoms with Crippen LogP contribution < -0.4 is 5.63 Å². The summed E-state index contributed by atoms with van der Waals surface area (Å²) in [5.41, 5.74) is -0.198. The third-order valence-electron chi connectivity index (χ3n) is 3.13. The fourth-order valence-corrected chi connectivity index (χ4v) is 2.18. The van der Waals surface area contributed by atoms with Crippen LogP contribution in [0.15, 0.2) is 51.7 Å². The van der Waals surface area contributed by atoms with E-state index in [0.717, 1.165) is 10.8 Å². The van der Waals surface area contributed by atoms with E-state index in [0.29, 0.717) is 16.5 Å². The normalized spacial score (nSPS) is 11.4. The van der Waals surface area contributed by atoms with Crippen LogP contribution in [-0.4, -0.2) is 10.7 Å². The Balaban J connectivity index is 2.27. The van der Waals surface area contributed by atoms with Gasteiger partial charge in [0.2, 0.25) is 0 Å². The molecule has 1 heterocycles. The molecule has 0 bridgehead atoms. The fourth-order valence-electron chi connectivity index (χ4n) is 2.18. The van der Waals surface area contributed by atoms with Crippen LogP contribution in [0.4, 0.5) is 0 Å². The second kappa shape index (κ2) is 4.76. The molecule has 0 radical (unpaired) electrons. The molecule has 0 aliphatic carbocycles. The summed E-state index contributed by atoms with van der Waals surface area (Å²) in [6.07, 6.45) is 0. The van der Waals surface area contributed by atoms with E-state index in [1.807, 2.05) is 30.3 Å². The van der Waals surface area contributed by atoms with Crippen LogP contribution in [0.1, 0.15) is 19.4 Å². The number of aliphatic hydroxyl groups is 1. The first-order chi connectivity index (χ1) is 9.94. The monoisotopic (exact) mass is 278 g/mol. The molecule has 0 spiro atoms. The van der Waals surface area contributed by atoms with Crippen molar-refractivity contribution in [3.8, 4) is 11.8 Å². The van der Waals surface area contributed by atoms with Gasteiger partial charge < -0.3 is 9.52 Å². The number of para-hydroxylation sites is 1. The van der Waals surface area contributed by atoms with Gasteiger partial charge in [0, 0.05) is 16.3 Å². The van der Waals surface area contributed by atoms with E-state index in [2.05, 4.69) is 11.8 Å². The second-order valence-corrected chi connectivity index (χ2v) is 5.46. The smallest absolute Gasteiger partial charge is 0.344 e. The summed E-state index contributed by atoms with van der Waals surface area (Å²) >= 11 is 0. The van der Waals surface area contributed by atoms with E-state index in [4.69, 9.17) is 4.42 Å². The minimum atomic E-state index is -1.07. The van der Waals surface area contributed by atoms with Gasteiger partial charge in [-0.05, 0) is 32.0 Å². The highest BCUT2D eigenvalue weighted by molar-refractivity contribution is 6.04. The van der Waals surface area contributed by atoms with Crippen LogP contribution in [0.3, 0.4) is 0 Å². The third kappa shape index (κ3) is 2.67. The van der Waals surface area contributed by atoms with Crippen LogP contribution in [0.25, 0.3) is 21.7 Å². The van der Waals surface area contributed by atoms with Crippen LogP contribution >= 0.6 is 0 Å². The number of hydrogen-bond acceptors (Lipinski definition) is 3. The highest BCUT2D eigenvalue weighted by atomic mass is 16.4. The second-order valence-electron chi connectivity index (χ2n) is 5.46. The van der Waals surface area contributed by atoms with Crippen molar-refractivity contribution in [1.29, 1.82) is 0 Å². The van der Waals surface area contributed by atoms with Gasteiger partial charge in [0.05, 0.1) is 5.39 Å². The molecule has 3 aromatic rings. The first-order valence-corrected chi connectivity index (χ1v) is 6.65. The zero-order valence-corrected chi connectivity index (χ0v) is 11.8. The van der Waals surface area contributed by atoms with Crippen molar-refractivity contribution in [2.24, 2.45) is 0 Å². The molecule has 0 atom stereocenters. The molecule has 0 saturated heterocycles. The summed E-state index contributed by atoms with van der Waals surface area (Å²) < 4.78 is 5.32. The molecule has 3 heteroatoms. The molecule has 104 valence electrons. The molecule has 2 aromatic carbocycles. The van der Waals surface area contributed by atoms with Gasteiger partial charge in [-0.3, -0.25) is 0 Å². The van der Waals surface area contributed by atoms with Gasteiger partial charge in [-0.15, -0.1) is 0 Å². The zero-order valence-electron chi connectivity index (χ0n) is 11.8. The van der Waals surface area contributed by atoms with Crippen LogP contribution in [-0.2, 0) is 0 Å². The molecule has 0 aliphatic rings. The molecule has 3 nitrogen and oxygen atoms in total. The first kappa shape index (κ1) is 13.4. The summed E-state index contributed by atoms with van der Waals surface area (Å²) in [5, 5.41) is 11.9. The van der Waals surface area contributed by atoms with Crippen LogP contribution in [0.2, 0.25) is 0 Å². The van der Waals surface area contributed by atoms with Gasteiger partial charge in [-0.25, -0.2) is 4.79 Å². The van der Waals surface area contributed by atoms with Gasteiger partial charge in [-0.1, -0.05) is 36.1 Å². The summed E-state index contributed by atoms with van der Waals surface area (Å²) in [6, 6.07) is 12.8. The molecule has 1 N–H and O–H groups in total. The molecule has 0 unspecified atom stereocenters. The summed E-state index contributed by atoms with van der Waals surface area (Å²) in [6.45, 7) is 3.23. The lowest BCUT2D eigenvalue weighted by atomic mass is 10.0. The van der Waals surface area contributed by atoms with Crippen molar-refractivity contribution in [2.75, 3.05) is 0 Å². The lowest BCUT2D eigenvalue weighted by Crippen LogP contribution is -2.14. The lowest BCUT2D eigenvalue weighted by molar-refractivity contribution is 0.143. The maximum absolute atomic E-state index is 12.1. The van der Waals surface area contributed by atoms with E-state index >= 15 is 0 Å². The Morgan fingerprint density at radius 1 is 1.05 bits per heavy atom. The predicted molar refractivity (Wildman–Crippen MR) is 83.2 cm³/mol. The predicted octanol–water partition coefficient (Wildman–Crippen LogP) is 3.07. The van der Waals surface area contributed by atoms with E-state index in [1.54, 1.807) is 26.0 Å². The number of benzene rings is 2. The Morgan fingerprint density at radius 3 is 2.57 bits per heavy atom. The average molecular weight is 278 g/mol. The van der Waals surface area contributed by atoms with Crippen molar-refractivity contribution in [3.05, 3.63) is 58.4 Å². The topological polar surface area (TPSA) is 50.4 Å². The van der Waals surface area contributed by atoms with Crippen molar-refractivity contribution in [3.63, 3.8) is 0 Å². The van der Waals surface area contributed by atoms with Crippen molar-refractivity contribution in [2.45, 2.75) is 19.4 Å². The molecule has 0 amide bonds. The van der Waals surface area contributed by atoms with Crippen LogP contribution in [0.5, 0.6) is 0 Å². The minimum Gasteiger partial charge on any atom is -0.422 e. The highest BCUT2D eigenvalue weighted by Gasteiger charge is 2.08. The molecule has 0 saturated carbocycles. The molecular formula is C18H14O3. The highest BCUT2D eigenvalue weighted by Crippen LogP contribution is 2.23. The standard InChI is InChI=1S/C18H14O3/c1-18(2,20)10-9-12-7-8-13-14-5-3-4-6-16(14)21-17(19)15(13)11-12/h3-8,11,20H,1-2H3. The number of hydrogen-bond donors (Lipinski definition) is 1. The maximum atomic E-state index is 12.1. The van der Waals surface area contributed by atoms with E-state index in [-0.39, 0.29) is 5.63 Å². The van der Waals surface area contributed by atoms with E-state index in [9.17, 15) is 9.90 Å². The van der Waals surface area contributed by atoms with Crippen molar-refractivity contribution < 1.29 is 9.52 Å². The van der Waals surface area contributed by atoms with Gasteiger partial charge in [0.25, 0.3) is 0 Å². The van der Waals surface area contributed by atoms with Gasteiger partial charge in [-0.2, -0.15) is 0 Å². The number of rotatable bonds is 0. The molecule has 1 aromatic heterocycles.